The van der Waals surface area contributed by atoms with Crippen molar-refractivity contribution in [3.8, 4) is 0 Å². The van der Waals surface area contributed by atoms with E-state index in [-0.39, 0.29) is 90.2 Å². The second-order valence-electron chi connectivity index (χ2n) is 29.0. The molecule has 0 bridgehead atoms. The lowest BCUT2D eigenvalue weighted by atomic mass is 9.91. The van der Waals surface area contributed by atoms with Gasteiger partial charge in [-0.1, -0.05) is 96.9 Å². The number of benzene rings is 1. The summed E-state index contributed by atoms with van der Waals surface area (Å²) in [4.78, 5) is 204. The van der Waals surface area contributed by atoms with Crippen molar-refractivity contribution < 1.29 is 76.9 Å². The molecule has 1 saturated heterocycles. The van der Waals surface area contributed by atoms with E-state index in [4.69, 9.17) is 9.47 Å². The summed E-state index contributed by atoms with van der Waals surface area (Å²) in [7, 11) is 11.9. The van der Waals surface area contributed by atoms with Crippen molar-refractivity contribution in [1.82, 2.24) is 65.5 Å². The quantitative estimate of drug-likeness (QED) is 0.124. The van der Waals surface area contributed by atoms with Crippen LogP contribution in [0.15, 0.2) is 12.1 Å². The molecule has 1 aromatic heterocycles. The highest BCUT2D eigenvalue weighted by atomic mass is 16.5. The number of carbonyl (C=O) groups is 13. The summed E-state index contributed by atoms with van der Waals surface area (Å²) in [6.45, 7) is 26.9. The first kappa shape index (κ1) is 85.0. The summed E-state index contributed by atoms with van der Waals surface area (Å²) in [6, 6.07) is -10.4. The van der Waals surface area contributed by atoms with Gasteiger partial charge in [0.05, 0.1) is 49.0 Å². The fourth-order valence-electron chi connectivity index (χ4n) is 12.4. The Hall–Kier alpha value is -8.24. The summed E-state index contributed by atoms with van der Waals surface area (Å²) in [5.74, 6) is -12.7. The average Bonchev–Trinajstić information content (AvgIpc) is 1.71. The van der Waals surface area contributed by atoms with Gasteiger partial charge in [0.1, 0.15) is 66.2 Å². The molecule has 12 atom stereocenters. The zero-order chi connectivity index (χ0) is 75.8. The first-order chi connectivity index (χ1) is 45.9. The highest BCUT2D eigenvalue weighted by Crippen LogP contribution is 2.28. The fourth-order valence-corrected chi connectivity index (χ4v) is 12.4. The summed E-state index contributed by atoms with van der Waals surface area (Å²) in [5, 5.41) is 23.6. The Balaban J connectivity index is 2.38. The molecule has 6 N–H and O–H groups in total. The van der Waals surface area contributed by atoms with E-state index in [1.54, 1.807) is 41.5 Å². The van der Waals surface area contributed by atoms with Gasteiger partial charge >= 0.3 is 11.9 Å². The molecule has 1 aliphatic heterocycles. The number of hydrogen-bond acceptors (Lipinski definition) is 17. The van der Waals surface area contributed by atoms with Crippen molar-refractivity contribution in [3.63, 3.8) is 0 Å². The maximum Gasteiger partial charge on any atom is 0.340 e. The minimum atomic E-state index is -1.85. The molecule has 1 fully saturated rings. The maximum absolute atomic E-state index is 15.5. The zero-order valence-corrected chi connectivity index (χ0v) is 63.1. The van der Waals surface area contributed by atoms with Gasteiger partial charge in [-0.3, -0.25) is 52.7 Å². The number of carbonyl (C=O) groups excluding carboxylic acids is 13. The van der Waals surface area contributed by atoms with Crippen LogP contribution in [0.5, 0.6) is 0 Å². The molecular weight excluding hydrogens is 1280 g/mol. The Morgan fingerprint density at radius 3 is 1.45 bits per heavy atom. The van der Waals surface area contributed by atoms with E-state index in [0.717, 1.165) is 24.0 Å². The largest absolute Gasteiger partial charge is 0.465 e. The minimum Gasteiger partial charge on any atom is -0.465 e. The Labute approximate surface area is 584 Å². The number of amides is 11. The number of nitrogens with zero attached hydrogens (tertiary/aromatic N) is 8. The lowest BCUT2D eigenvalue weighted by Crippen LogP contribution is -2.63. The summed E-state index contributed by atoms with van der Waals surface area (Å²) < 4.78 is 9.93. The van der Waals surface area contributed by atoms with Gasteiger partial charge in [0, 0.05) is 55.8 Å². The van der Waals surface area contributed by atoms with Crippen LogP contribution in [0.2, 0.25) is 0 Å². The molecule has 29 heteroatoms. The summed E-state index contributed by atoms with van der Waals surface area (Å²) >= 11 is 0. The predicted molar refractivity (Wildman–Crippen MR) is 371 cm³/mol. The fraction of sp³-hybridized carbons (Fsp3) is 0.714. The van der Waals surface area contributed by atoms with Crippen LogP contribution in [0.3, 0.4) is 0 Å². The van der Waals surface area contributed by atoms with Gasteiger partial charge < -0.3 is 75.1 Å². The van der Waals surface area contributed by atoms with Crippen molar-refractivity contribution in [3.05, 3.63) is 29.1 Å². The Morgan fingerprint density at radius 2 is 0.970 bits per heavy atom. The number of ether oxygens (including phenoxy) is 2. The average molecular weight is 1390 g/mol. The zero-order valence-electron chi connectivity index (χ0n) is 63.1. The predicted octanol–water partition coefficient (Wildman–Crippen LogP) is 3.00. The number of aromatic amines is 1. The Morgan fingerprint density at radius 1 is 0.515 bits per heavy atom. The number of aliphatic hydroxyl groups is 1. The van der Waals surface area contributed by atoms with Crippen LogP contribution in [0.4, 0.5) is 0 Å². The number of likely N-dealkylation sites (N-methyl/N-ethyl adjacent to an activating group) is 7. The molecule has 11 amide bonds. The van der Waals surface area contributed by atoms with Gasteiger partial charge in [0.25, 0.3) is 0 Å². The molecule has 99 heavy (non-hydrogen) atoms. The number of nitrogens with one attached hydrogen (secondary N) is 5. The molecular formula is C70H115N13O16. The van der Waals surface area contributed by atoms with Crippen molar-refractivity contribution in [2.75, 3.05) is 70.1 Å². The highest BCUT2D eigenvalue weighted by Gasteiger charge is 2.46. The molecule has 0 aliphatic carbocycles. The third kappa shape index (κ3) is 21.6. The molecule has 2 heterocycles. The molecule has 0 radical (unpaired) electrons. The van der Waals surface area contributed by atoms with Crippen molar-refractivity contribution >= 4 is 88.0 Å². The SMILES string of the molecule is CC[C@@H]1NC(=O)[C@H]([C@H](O)[C@H](C)Cc2nc3ccc(C(=O)OC)c(C(=O)OC)c3[nH]2)N(C)C(=O)[C@H](C(C)C)N(C)C(=O)[C@H](CC(C)C)N(C)C(=O)[C@H](CC(C)C)N(C)C(=O)[C@@H](C)NC(=O)[C@H](C)NC(=O)[C@H](CC(C)C)N(C)C(=O)[C@H](C(C)C)NC(=O)[C@H](CC(C)C)N(C)C(=O)CN(C)C1=O. The molecule has 556 valence electrons. The molecule has 0 spiro atoms. The first-order valence-electron chi connectivity index (χ1n) is 34.3. The standard InChI is InChI=1S/C70H115N13O16/c1-26-45-64(91)77(17)34-52(84)78(18)47(29-35(2)3)61(88)76-54(39(10)11)67(94)79(19)48(30-36(4)5)60(87)71-42(15)59(86)72-43(16)63(90)80(20)49(31-37(6)7)65(92)81(21)50(32-38(8)9)66(93)82(22)56(40(12)13)68(95)83(23)57(62(89)74-45)58(85)41(14)33-51-73-46-28-27-44(69(96)98-24)53(55(46)75-51)70(97)99-25/h27-28,35-43,45,47-50,54,56-58,85H,26,29-34H2,1-25H3,(H,71,87)(H,72,86)(H,73,75)(H,74,89)(H,76,88)/t41-,42+,43-,45+,47+,48+,49+,50+,54+,56+,57+,58-/m1/s1. The van der Waals surface area contributed by atoms with Crippen LogP contribution in [-0.2, 0) is 68.6 Å². The van der Waals surface area contributed by atoms with Crippen molar-refractivity contribution in [2.24, 2.45) is 41.4 Å². The minimum absolute atomic E-state index is 0.0765. The van der Waals surface area contributed by atoms with Gasteiger partial charge in [-0.05, 0) is 99.5 Å². The van der Waals surface area contributed by atoms with E-state index < -0.39 is 168 Å². The Bertz CT molecular complexity index is 3220. The maximum atomic E-state index is 15.5. The van der Waals surface area contributed by atoms with E-state index in [9.17, 15) is 48.3 Å². The van der Waals surface area contributed by atoms with E-state index >= 15 is 19.2 Å². The monoisotopic (exact) mass is 1390 g/mol. The number of fused-ring (bicyclic) bond motifs is 1. The third-order valence-corrected chi connectivity index (χ3v) is 18.4. The van der Waals surface area contributed by atoms with Gasteiger partial charge in [0.15, 0.2) is 0 Å². The van der Waals surface area contributed by atoms with Crippen LogP contribution in [0.25, 0.3) is 11.0 Å². The number of rotatable bonds is 17. The van der Waals surface area contributed by atoms with Crippen molar-refractivity contribution in [2.45, 2.75) is 216 Å². The van der Waals surface area contributed by atoms with E-state index in [1.165, 1.54) is 99.8 Å². The molecule has 3 rings (SSSR count). The lowest BCUT2D eigenvalue weighted by molar-refractivity contribution is -0.157. The number of esters is 2. The second kappa shape index (κ2) is 37.3. The number of H-pyrrole nitrogens is 1. The topological polar surface area (TPSA) is 360 Å². The number of imidazole rings is 1. The van der Waals surface area contributed by atoms with Crippen LogP contribution >= 0.6 is 0 Å². The lowest BCUT2D eigenvalue weighted by Gasteiger charge is -2.41. The summed E-state index contributed by atoms with van der Waals surface area (Å²) in [6.07, 6.45) is -1.61. The van der Waals surface area contributed by atoms with Crippen LogP contribution in [0, 0.1) is 41.4 Å². The number of aromatic nitrogens is 2. The highest BCUT2D eigenvalue weighted by molar-refractivity contribution is 6.11. The van der Waals surface area contributed by atoms with Crippen LogP contribution < -0.4 is 21.3 Å². The molecule has 0 unspecified atom stereocenters. The number of hydrogen-bond donors (Lipinski definition) is 6. The molecule has 1 aliphatic rings. The second-order valence-corrected chi connectivity index (χ2v) is 29.0. The van der Waals surface area contributed by atoms with Gasteiger partial charge in [-0.15, -0.1) is 0 Å². The third-order valence-electron chi connectivity index (χ3n) is 18.4. The molecule has 1 aromatic carbocycles. The van der Waals surface area contributed by atoms with E-state index in [0.29, 0.717) is 0 Å². The first-order valence-corrected chi connectivity index (χ1v) is 34.3. The van der Waals surface area contributed by atoms with Crippen molar-refractivity contribution in [1.29, 1.82) is 0 Å². The normalized spacial score (nSPS) is 24.6. The smallest absolute Gasteiger partial charge is 0.340 e. The van der Waals surface area contributed by atoms with Crippen LogP contribution in [-0.4, -0.2) is 263 Å². The van der Waals surface area contributed by atoms with E-state index in [2.05, 4.69) is 31.2 Å². The summed E-state index contributed by atoms with van der Waals surface area (Å²) in [5.41, 5.74) is 0.0397. The number of methoxy groups -OCH3 is 2. The molecule has 0 saturated carbocycles. The van der Waals surface area contributed by atoms with Gasteiger partial charge in [-0.2, -0.15) is 0 Å². The Kier molecular flexibility index (Phi) is 32.0. The van der Waals surface area contributed by atoms with Gasteiger partial charge in [-0.25, -0.2) is 14.6 Å². The van der Waals surface area contributed by atoms with Crippen LogP contribution in [0.1, 0.15) is 169 Å². The number of aliphatic hydroxyl groups excluding tert-OH is 1. The van der Waals surface area contributed by atoms with E-state index in [1.807, 2.05) is 55.4 Å². The van der Waals surface area contributed by atoms with Gasteiger partial charge in [0.2, 0.25) is 65.0 Å². The molecule has 2 aromatic rings. The molecule has 29 nitrogen and oxygen atoms in total.